The minimum Gasteiger partial charge on any atom is -0.495 e. The molecule has 0 saturated carbocycles. The third-order valence-electron chi connectivity index (χ3n) is 4.39. The summed E-state index contributed by atoms with van der Waals surface area (Å²) in [6.45, 7) is 2.09. The molecule has 0 radical (unpaired) electrons. The molecule has 28 heavy (non-hydrogen) atoms. The molecule has 3 rings (SSSR count). The van der Waals surface area contributed by atoms with E-state index in [1.54, 1.807) is 11.3 Å². The normalized spacial score (nSPS) is 12.1. The van der Waals surface area contributed by atoms with E-state index in [1.807, 2.05) is 43.1 Å². The van der Waals surface area contributed by atoms with Gasteiger partial charge >= 0.3 is 0 Å². The number of carbonyl (C=O) groups is 1. The molecule has 1 amide bonds. The van der Waals surface area contributed by atoms with Gasteiger partial charge in [-0.15, -0.1) is 11.3 Å². The Labute approximate surface area is 165 Å². The van der Waals surface area contributed by atoms with E-state index in [4.69, 9.17) is 4.74 Å². The number of nitrogens with zero attached hydrogens (tertiary/aromatic N) is 3. The number of aromatic nitrogens is 1. The van der Waals surface area contributed by atoms with Gasteiger partial charge in [0.1, 0.15) is 10.8 Å². The number of para-hydroxylation sites is 1. The van der Waals surface area contributed by atoms with Crippen LogP contribution < -0.4 is 10.1 Å². The first-order chi connectivity index (χ1) is 13.4. The van der Waals surface area contributed by atoms with Crippen molar-refractivity contribution in [1.82, 2.24) is 9.88 Å². The van der Waals surface area contributed by atoms with Gasteiger partial charge in [0.2, 0.25) is 5.91 Å². The minimum absolute atomic E-state index is 0.0600. The lowest BCUT2D eigenvalue weighted by atomic mass is 10.2. The third kappa shape index (κ3) is 4.26. The molecular formula is C19H20N4O4S. The zero-order valence-corrected chi connectivity index (χ0v) is 16.5. The second-order valence-electron chi connectivity index (χ2n) is 6.30. The van der Waals surface area contributed by atoms with Crippen LogP contribution in [0.2, 0.25) is 0 Å². The number of benzene rings is 2. The van der Waals surface area contributed by atoms with Gasteiger partial charge in [-0.2, -0.15) is 0 Å². The zero-order valence-electron chi connectivity index (χ0n) is 15.7. The molecule has 0 unspecified atom stereocenters. The van der Waals surface area contributed by atoms with E-state index in [9.17, 15) is 14.9 Å². The standard InChI is InChI=1S/C19H20N4O4S/c1-12(19-21-14-6-4-5-7-17(14)28-19)22(2)11-18(24)20-15-10-13(23(25)26)8-9-16(15)27-3/h4-10,12H,11H2,1-3H3,(H,20,24)/t12-/m1/s1. The highest BCUT2D eigenvalue weighted by atomic mass is 32.1. The second kappa shape index (κ2) is 8.32. The van der Waals surface area contributed by atoms with Gasteiger partial charge in [0.25, 0.3) is 5.69 Å². The van der Waals surface area contributed by atoms with Gasteiger partial charge in [0, 0.05) is 12.1 Å². The van der Waals surface area contributed by atoms with E-state index in [0.29, 0.717) is 5.75 Å². The van der Waals surface area contributed by atoms with Gasteiger partial charge in [-0.05, 0) is 32.2 Å². The van der Waals surface area contributed by atoms with Crippen LogP contribution in [0.15, 0.2) is 42.5 Å². The number of thiazole rings is 1. The Hall–Kier alpha value is -3.04. The number of nitrogens with one attached hydrogen (secondary N) is 1. The van der Waals surface area contributed by atoms with Crippen molar-refractivity contribution in [3.8, 4) is 5.75 Å². The highest BCUT2D eigenvalue weighted by Gasteiger charge is 2.20. The lowest BCUT2D eigenvalue weighted by molar-refractivity contribution is -0.384. The number of non-ortho nitro benzene ring substituents is 1. The Kier molecular flexibility index (Phi) is 5.86. The molecule has 3 aromatic rings. The van der Waals surface area contributed by atoms with Crippen molar-refractivity contribution < 1.29 is 14.5 Å². The maximum absolute atomic E-state index is 12.5. The third-order valence-corrected chi connectivity index (χ3v) is 5.60. The van der Waals surface area contributed by atoms with Crippen LogP contribution in [0.5, 0.6) is 5.75 Å². The van der Waals surface area contributed by atoms with Crippen LogP contribution >= 0.6 is 11.3 Å². The fraction of sp³-hybridized carbons (Fsp3) is 0.263. The van der Waals surface area contributed by atoms with Crippen LogP contribution in [-0.2, 0) is 4.79 Å². The highest BCUT2D eigenvalue weighted by Crippen LogP contribution is 2.30. The average Bonchev–Trinajstić information content (AvgIpc) is 3.11. The quantitative estimate of drug-likeness (QED) is 0.478. The van der Waals surface area contributed by atoms with E-state index < -0.39 is 4.92 Å². The smallest absolute Gasteiger partial charge is 0.271 e. The van der Waals surface area contributed by atoms with Crippen LogP contribution in [0, 0.1) is 10.1 Å². The van der Waals surface area contributed by atoms with Gasteiger partial charge in [-0.1, -0.05) is 12.1 Å². The molecule has 146 valence electrons. The number of anilines is 1. The summed E-state index contributed by atoms with van der Waals surface area (Å²) in [4.78, 5) is 29.4. The second-order valence-corrected chi connectivity index (χ2v) is 7.36. The molecule has 8 nitrogen and oxygen atoms in total. The van der Waals surface area contributed by atoms with E-state index in [1.165, 1.54) is 25.3 Å². The first-order valence-corrected chi connectivity index (χ1v) is 9.38. The van der Waals surface area contributed by atoms with Crippen LogP contribution in [-0.4, -0.2) is 41.4 Å². The van der Waals surface area contributed by atoms with Gasteiger partial charge in [0.05, 0.1) is 40.5 Å². The summed E-state index contributed by atoms with van der Waals surface area (Å²) in [5, 5.41) is 14.6. The molecule has 0 aliphatic rings. The number of likely N-dealkylation sites (N-methyl/N-ethyl adjacent to an activating group) is 1. The molecule has 9 heteroatoms. The number of ether oxygens (including phenoxy) is 1. The van der Waals surface area contributed by atoms with Crippen molar-refractivity contribution in [1.29, 1.82) is 0 Å². The maximum atomic E-state index is 12.5. The minimum atomic E-state index is -0.517. The van der Waals surface area contributed by atoms with Crippen molar-refractivity contribution in [2.24, 2.45) is 0 Å². The average molecular weight is 400 g/mol. The first kappa shape index (κ1) is 19.7. The molecule has 0 fully saturated rings. The zero-order chi connectivity index (χ0) is 20.3. The Balaban J connectivity index is 1.70. The lowest BCUT2D eigenvalue weighted by Crippen LogP contribution is -2.32. The van der Waals surface area contributed by atoms with Crippen LogP contribution in [0.1, 0.15) is 18.0 Å². The van der Waals surface area contributed by atoms with Crippen LogP contribution in [0.4, 0.5) is 11.4 Å². The van der Waals surface area contributed by atoms with Crippen LogP contribution in [0.25, 0.3) is 10.2 Å². The molecule has 0 bridgehead atoms. The Morgan fingerprint density at radius 2 is 2.11 bits per heavy atom. The van der Waals surface area contributed by atoms with Crippen molar-refractivity contribution in [2.45, 2.75) is 13.0 Å². The monoisotopic (exact) mass is 400 g/mol. The van der Waals surface area contributed by atoms with Gasteiger partial charge < -0.3 is 10.1 Å². The SMILES string of the molecule is COc1ccc([N+](=O)[O-])cc1NC(=O)CN(C)[C@H](C)c1nc2ccccc2s1. The first-order valence-electron chi connectivity index (χ1n) is 8.57. The summed E-state index contributed by atoms with van der Waals surface area (Å²) < 4.78 is 6.28. The Bertz CT molecular complexity index is 987. The molecular weight excluding hydrogens is 380 g/mol. The number of rotatable bonds is 7. The van der Waals surface area contributed by atoms with Crippen molar-refractivity contribution in [2.75, 3.05) is 26.0 Å². The summed E-state index contributed by atoms with van der Waals surface area (Å²) in [6, 6.07) is 11.9. The molecule has 2 aromatic carbocycles. The van der Waals surface area contributed by atoms with Crippen molar-refractivity contribution >= 4 is 38.8 Å². The molecule has 0 spiro atoms. The number of carbonyl (C=O) groups excluding carboxylic acids is 1. The number of methoxy groups -OCH3 is 1. The van der Waals surface area contributed by atoms with E-state index in [2.05, 4.69) is 10.3 Å². The Morgan fingerprint density at radius 3 is 2.79 bits per heavy atom. The number of fused-ring (bicyclic) bond motifs is 1. The number of amides is 1. The number of hydrogen-bond acceptors (Lipinski definition) is 7. The summed E-state index contributed by atoms with van der Waals surface area (Å²) >= 11 is 1.60. The molecule has 1 N–H and O–H groups in total. The molecule has 0 aliphatic carbocycles. The van der Waals surface area contributed by atoms with Gasteiger partial charge in [0.15, 0.2) is 0 Å². The van der Waals surface area contributed by atoms with Crippen molar-refractivity contribution in [3.63, 3.8) is 0 Å². The van der Waals surface area contributed by atoms with E-state index in [-0.39, 0.29) is 29.9 Å². The predicted molar refractivity (Wildman–Crippen MR) is 109 cm³/mol. The molecule has 0 aliphatic heterocycles. The number of nitro groups is 1. The molecule has 1 aromatic heterocycles. The van der Waals surface area contributed by atoms with Crippen LogP contribution in [0.3, 0.4) is 0 Å². The fourth-order valence-corrected chi connectivity index (χ4v) is 3.80. The summed E-state index contributed by atoms with van der Waals surface area (Å²) in [5.41, 5.74) is 1.09. The Morgan fingerprint density at radius 1 is 1.36 bits per heavy atom. The summed E-state index contributed by atoms with van der Waals surface area (Å²) in [7, 11) is 3.28. The number of hydrogen-bond donors (Lipinski definition) is 1. The maximum Gasteiger partial charge on any atom is 0.271 e. The van der Waals surface area contributed by atoms with E-state index in [0.717, 1.165) is 15.2 Å². The topological polar surface area (TPSA) is 97.6 Å². The number of nitro benzene ring substituents is 1. The molecule has 1 heterocycles. The lowest BCUT2D eigenvalue weighted by Gasteiger charge is -2.22. The largest absolute Gasteiger partial charge is 0.495 e. The molecule has 1 atom stereocenters. The van der Waals surface area contributed by atoms with E-state index >= 15 is 0 Å². The highest BCUT2D eigenvalue weighted by molar-refractivity contribution is 7.18. The molecule has 0 saturated heterocycles. The summed E-state index contributed by atoms with van der Waals surface area (Å²) in [5.74, 6) is 0.0649. The fourth-order valence-electron chi connectivity index (χ4n) is 2.72. The van der Waals surface area contributed by atoms with Gasteiger partial charge in [-0.25, -0.2) is 4.98 Å². The van der Waals surface area contributed by atoms with Gasteiger partial charge in [-0.3, -0.25) is 19.8 Å². The summed E-state index contributed by atoms with van der Waals surface area (Å²) in [6.07, 6.45) is 0. The predicted octanol–water partition coefficient (Wildman–Crippen LogP) is 3.84. The van der Waals surface area contributed by atoms with Crippen molar-refractivity contribution in [3.05, 3.63) is 57.6 Å².